The Bertz CT molecular complexity index is 1920. The van der Waals surface area contributed by atoms with E-state index in [9.17, 15) is 9.59 Å². The molecule has 0 saturated heterocycles. The summed E-state index contributed by atoms with van der Waals surface area (Å²) in [4.78, 5) is 35.6. The standard InChI is InChI=1S/C28H50N4O4Si2.C16H22N4O2/c1-8-36-28(33)24-11-9-23(10-12-24)19-25-20-27(32-26(30-25)13-14-29-32)31(21-34-15-17-37(2,3)4)22-35-16-18-38(5,6)7;1-2-22-16(21)12-5-3-11(4-6-12)9-13-10-14(17)20-15(19-13)7-8-18-20/h13-14,20,23-24H,8-12,15-19,21-22H2,1-7H3;7-8,10-12H,2-6,9,17H2,1H3. The van der Waals surface area contributed by atoms with Crippen molar-refractivity contribution in [1.82, 2.24) is 29.2 Å². The summed E-state index contributed by atoms with van der Waals surface area (Å²) in [6.07, 6.45) is 13.0. The largest absolute Gasteiger partial charge is 0.466 e. The minimum atomic E-state index is -1.17. The number of hydrogen-bond donors (Lipinski definition) is 1. The maximum atomic E-state index is 12.2. The van der Waals surface area contributed by atoms with Crippen LogP contribution < -0.4 is 10.6 Å². The number of rotatable bonds is 19. The van der Waals surface area contributed by atoms with Crippen LogP contribution in [0.1, 0.15) is 76.6 Å². The van der Waals surface area contributed by atoms with Gasteiger partial charge in [-0.15, -0.1) is 0 Å². The van der Waals surface area contributed by atoms with E-state index in [-0.39, 0.29) is 23.8 Å². The molecule has 0 atom stereocenters. The van der Waals surface area contributed by atoms with Gasteiger partial charge in [-0.1, -0.05) is 39.3 Å². The van der Waals surface area contributed by atoms with Gasteiger partial charge in [0.05, 0.1) is 37.4 Å². The predicted molar refractivity (Wildman–Crippen MR) is 242 cm³/mol. The van der Waals surface area contributed by atoms with Crippen LogP contribution >= 0.6 is 0 Å². The molecule has 16 heteroatoms. The topological polar surface area (TPSA) is 161 Å². The number of carbonyl (C=O) groups is 2. The molecule has 4 aromatic heterocycles. The number of ether oxygens (including phenoxy) is 4. The third kappa shape index (κ3) is 14.7. The number of anilines is 2. The average Bonchev–Trinajstić information content (AvgIpc) is 3.88. The fourth-order valence-corrected chi connectivity index (χ4v) is 9.48. The third-order valence-corrected chi connectivity index (χ3v) is 15.0. The third-order valence-electron chi connectivity index (χ3n) is 11.6. The van der Waals surface area contributed by atoms with Crippen molar-refractivity contribution in [3.63, 3.8) is 0 Å². The molecule has 6 rings (SSSR count). The number of esters is 2. The Labute approximate surface area is 359 Å². The lowest BCUT2D eigenvalue weighted by Crippen LogP contribution is -2.33. The SMILES string of the molecule is CCOC(=O)C1CCC(Cc2cc(N(COCC[Si](C)(C)C)COCC[Si](C)(C)C)n3nccc3n2)CC1.CCOC(=O)C1CCC(Cc2cc(N)n3nccc3n2)CC1. The number of hydrogen-bond acceptors (Lipinski definition) is 12. The fourth-order valence-electron chi connectivity index (χ4n) is 7.96. The first-order chi connectivity index (χ1) is 28.6. The van der Waals surface area contributed by atoms with E-state index in [1.807, 2.05) is 36.6 Å². The molecule has 0 amide bonds. The minimum absolute atomic E-state index is 0.0362. The van der Waals surface area contributed by atoms with Gasteiger partial charge in [-0.2, -0.15) is 19.2 Å². The van der Waals surface area contributed by atoms with E-state index < -0.39 is 16.1 Å². The smallest absolute Gasteiger partial charge is 0.308 e. The van der Waals surface area contributed by atoms with Gasteiger partial charge in [0.2, 0.25) is 0 Å². The number of carbonyl (C=O) groups excluding carboxylic acids is 2. The molecule has 0 unspecified atom stereocenters. The van der Waals surface area contributed by atoms with E-state index in [4.69, 9.17) is 29.7 Å². The highest BCUT2D eigenvalue weighted by Gasteiger charge is 2.29. The Morgan fingerprint density at radius 2 is 1.12 bits per heavy atom. The van der Waals surface area contributed by atoms with Crippen LogP contribution in [-0.4, -0.2) is 97.2 Å². The number of nitrogen functional groups attached to an aromatic ring is 1. The number of fused-ring (bicyclic) bond motifs is 2. The van der Waals surface area contributed by atoms with E-state index in [1.54, 1.807) is 16.9 Å². The van der Waals surface area contributed by atoms with Crippen LogP contribution in [0.3, 0.4) is 0 Å². The van der Waals surface area contributed by atoms with Gasteiger partial charge >= 0.3 is 11.9 Å². The summed E-state index contributed by atoms with van der Waals surface area (Å²) in [5, 5.41) is 8.70. The summed E-state index contributed by atoms with van der Waals surface area (Å²) >= 11 is 0. The number of nitrogens with two attached hydrogens (primary N) is 1. The van der Waals surface area contributed by atoms with Crippen LogP contribution in [-0.2, 0) is 41.4 Å². The summed E-state index contributed by atoms with van der Waals surface area (Å²) < 4.78 is 26.2. The van der Waals surface area contributed by atoms with Crippen molar-refractivity contribution in [3.05, 3.63) is 48.0 Å². The molecule has 2 aliphatic carbocycles. The fraction of sp³-hybridized carbons (Fsp3) is 0.682. The van der Waals surface area contributed by atoms with Crippen molar-refractivity contribution in [1.29, 1.82) is 0 Å². The highest BCUT2D eigenvalue weighted by Crippen LogP contribution is 2.33. The van der Waals surface area contributed by atoms with Gasteiger partial charge in [-0.3, -0.25) is 9.59 Å². The molecule has 0 radical (unpaired) electrons. The maximum Gasteiger partial charge on any atom is 0.308 e. The zero-order valence-corrected chi connectivity index (χ0v) is 39.7. The summed E-state index contributed by atoms with van der Waals surface area (Å²) in [6.45, 7) is 21.3. The van der Waals surface area contributed by atoms with Crippen molar-refractivity contribution in [3.8, 4) is 0 Å². The van der Waals surface area contributed by atoms with Crippen LogP contribution in [0.15, 0.2) is 36.7 Å². The van der Waals surface area contributed by atoms with Gasteiger partial charge in [-0.25, -0.2) is 9.97 Å². The second-order valence-corrected chi connectivity index (χ2v) is 30.3. The second kappa shape index (κ2) is 22.3. The monoisotopic (exact) mass is 865 g/mol. The number of aromatic nitrogens is 6. The Balaban J connectivity index is 0.000000261. The van der Waals surface area contributed by atoms with Crippen LogP contribution in [0.5, 0.6) is 0 Å². The second-order valence-electron chi connectivity index (χ2n) is 19.1. The molecule has 0 aromatic carbocycles. The molecule has 332 valence electrons. The average molecular weight is 865 g/mol. The Morgan fingerprint density at radius 1 is 0.683 bits per heavy atom. The van der Waals surface area contributed by atoms with Gasteiger partial charge in [0, 0.05) is 65.0 Å². The van der Waals surface area contributed by atoms with E-state index in [2.05, 4.69) is 65.4 Å². The van der Waals surface area contributed by atoms with Gasteiger partial charge in [-0.05, 0) is 102 Å². The van der Waals surface area contributed by atoms with Gasteiger partial charge in [0.25, 0.3) is 0 Å². The van der Waals surface area contributed by atoms with E-state index in [1.165, 1.54) is 0 Å². The zero-order chi connectivity index (χ0) is 43.3. The lowest BCUT2D eigenvalue weighted by atomic mass is 9.80. The first-order valence-electron chi connectivity index (χ1n) is 22.3. The first kappa shape index (κ1) is 47.2. The van der Waals surface area contributed by atoms with E-state index >= 15 is 0 Å². The van der Waals surface area contributed by atoms with Crippen LogP contribution in [0, 0.1) is 23.7 Å². The Morgan fingerprint density at radius 3 is 1.57 bits per heavy atom. The summed E-state index contributed by atoms with van der Waals surface area (Å²) in [7, 11) is -2.34. The molecule has 0 bridgehead atoms. The Hall–Kier alpha value is -3.87. The molecule has 2 saturated carbocycles. The minimum Gasteiger partial charge on any atom is -0.466 e. The quantitative estimate of drug-likeness (QED) is 0.0416. The summed E-state index contributed by atoms with van der Waals surface area (Å²) in [6, 6.07) is 10.1. The summed E-state index contributed by atoms with van der Waals surface area (Å²) in [5.41, 5.74) is 9.69. The molecule has 4 aromatic rings. The first-order valence-corrected chi connectivity index (χ1v) is 29.7. The lowest BCUT2D eigenvalue weighted by Gasteiger charge is -2.28. The molecular weight excluding hydrogens is 793 g/mol. The predicted octanol–water partition coefficient (Wildman–Crippen LogP) is 8.30. The van der Waals surface area contributed by atoms with Gasteiger partial charge in [0.1, 0.15) is 25.1 Å². The molecule has 0 spiro atoms. The van der Waals surface area contributed by atoms with Gasteiger partial charge < -0.3 is 29.6 Å². The van der Waals surface area contributed by atoms with Crippen LogP contribution in [0.4, 0.5) is 11.6 Å². The molecule has 14 nitrogen and oxygen atoms in total. The van der Waals surface area contributed by atoms with E-state index in [0.29, 0.717) is 44.3 Å². The van der Waals surface area contributed by atoms with Crippen molar-refractivity contribution in [2.45, 2.75) is 129 Å². The van der Waals surface area contributed by atoms with Crippen molar-refractivity contribution >= 4 is 51.0 Å². The molecule has 2 aliphatic rings. The van der Waals surface area contributed by atoms with Crippen molar-refractivity contribution in [2.75, 3.05) is 50.5 Å². The van der Waals surface area contributed by atoms with Crippen molar-refractivity contribution in [2.24, 2.45) is 23.7 Å². The highest BCUT2D eigenvalue weighted by atomic mass is 28.3. The van der Waals surface area contributed by atoms with Crippen LogP contribution in [0.25, 0.3) is 11.3 Å². The normalized spacial score (nSPS) is 19.8. The lowest BCUT2D eigenvalue weighted by molar-refractivity contribution is -0.150. The molecule has 2 N–H and O–H groups in total. The van der Waals surface area contributed by atoms with Crippen LogP contribution in [0.2, 0.25) is 51.4 Å². The molecule has 4 heterocycles. The molecular formula is C44H72N8O6Si2. The van der Waals surface area contributed by atoms with E-state index in [0.717, 1.165) is 118 Å². The highest BCUT2D eigenvalue weighted by molar-refractivity contribution is 6.76. The molecule has 0 aliphatic heterocycles. The zero-order valence-electron chi connectivity index (χ0n) is 37.7. The maximum absolute atomic E-state index is 12.2. The molecule has 60 heavy (non-hydrogen) atoms. The molecule has 2 fully saturated rings. The summed E-state index contributed by atoms with van der Waals surface area (Å²) in [5.74, 6) is 2.69. The number of nitrogens with zero attached hydrogens (tertiary/aromatic N) is 7. The van der Waals surface area contributed by atoms with Crippen molar-refractivity contribution < 1.29 is 28.5 Å². The Kier molecular flexibility index (Phi) is 17.5. The van der Waals surface area contributed by atoms with Gasteiger partial charge in [0.15, 0.2) is 11.3 Å².